The van der Waals surface area contributed by atoms with Crippen LogP contribution in [-0.2, 0) is 10.0 Å². The Morgan fingerprint density at radius 3 is 2.63 bits per heavy atom. The molecule has 0 saturated heterocycles. The lowest BCUT2D eigenvalue weighted by Crippen LogP contribution is -2.45. The average Bonchev–Trinajstić information content (AvgIpc) is 3.17. The van der Waals surface area contributed by atoms with Crippen LogP contribution in [0.1, 0.15) is 23.2 Å². The summed E-state index contributed by atoms with van der Waals surface area (Å²) in [6.45, 7) is 0.357. The summed E-state index contributed by atoms with van der Waals surface area (Å²) in [5.74, 6) is -0.621. The van der Waals surface area contributed by atoms with E-state index in [1.54, 1.807) is 19.2 Å². The third kappa shape index (κ3) is 1.89. The van der Waals surface area contributed by atoms with E-state index >= 15 is 0 Å². The lowest BCUT2D eigenvalue weighted by molar-refractivity contribution is 0.1000. The standard InChI is InChI=1S/C12H15N3O3S/c1-14-7-15(9-3-4-9)10-5-2-8(12(13)16)6-11(10)19(14,17)18/h2,5-6,9H,3-4,7H2,1H3,(H2,13,16). The van der Waals surface area contributed by atoms with Crippen LogP contribution in [0, 0.1) is 0 Å². The molecule has 0 aromatic heterocycles. The molecule has 1 aliphatic heterocycles. The van der Waals surface area contributed by atoms with Crippen molar-refractivity contribution in [1.29, 1.82) is 0 Å². The van der Waals surface area contributed by atoms with E-state index in [0.29, 0.717) is 18.4 Å². The molecule has 3 rings (SSSR count). The first-order valence-electron chi connectivity index (χ1n) is 6.08. The van der Waals surface area contributed by atoms with Gasteiger partial charge in [-0.1, -0.05) is 0 Å². The zero-order valence-corrected chi connectivity index (χ0v) is 11.4. The van der Waals surface area contributed by atoms with Gasteiger partial charge in [-0.2, -0.15) is 4.31 Å². The van der Waals surface area contributed by atoms with Crippen LogP contribution in [0.15, 0.2) is 23.1 Å². The third-order valence-electron chi connectivity index (χ3n) is 3.58. The molecule has 2 aliphatic rings. The van der Waals surface area contributed by atoms with Crippen LogP contribution in [-0.4, -0.2) is 38.4 Å². The van der Waals surface area contributed by atoms with Crippen molar-refractivity contribution >= 4 is 21.6 Å². The van der Waals surface area contributed by atoms with Gasteiger partial charge in [0.05, 0.1) is 12.4 Å². The largest absolute Gasteiger partial charge is 0.366 e. The molecule has 0 unspecified atom stereocenters. The maximum Gasteiger partial charge on any atom is 0.248 e. The number of nitrogens with zero attached hydrogens (tertiary/aromatic N) is 2. The van der Waals surface area contributed by atoms with Crippen molar-refractivity contribution in [3.8, 4) is 0 Å². The van der Waals surface area contributed by atoms with Crippen molar-refractivity contribution in [1.82, 2.24) is 4.31 Å². The molecule has 1 saturated carbocycles. The summed E-state index contributed by atoms with van der Waals surface area (Å²) >= 11 is 0. The number of rotatable bonds is 2. The van der Waals surface area contributed by atoms with Gasteiger partial charge in [-0.3, -0.25) is 4.79 Å². The third-order valence-corrected chi connectivity index (χ3v) is 5.40. The topological polar surface area (TPSA) is 83.7 Å². The molecule has 0 bridgehead atoms. The number of amides is 1. The summed E-state index contributed by atoms with van der Waals surface area (Å²) in [5, 5.41) is 0. The summed E-state index contributed by atoms with van der Waals surface area (Å²) in [6, 6.07) is 5.03. The van der Waals surface area contributed by atoms with Gasteiger partial charge in [-0.05, 0) is 31.0 Å². The molecule has 1 fully saturated rings. The number of hydrogen-bond acceptors (Lipinski definition) is 4. The highest BCUT2D eigenvalue weighted by atomic mass is 32.2. The van der Waals surface area contributed by atoms with E-state index in [1.165, 1.54) is 10.4 Å². The van der Waals surface area contributed by atoms with E-state index in [2.05, 4.69) is 4.90 Å². The number of benzene rings is 1. The number of fused-ring (bicyclic) bond motifs is 1. The van der Waals surface area contributed by atoms with E-state index in [-0.39, 0.29) is 10.5 Å². The summed E-state index contributed by atoms with van der Waals surface area (Å²) in [6.07, 6.45) is 2.15. The minimum atomic E-state index is -3.53. The Balaban J connectivity index is 2.19. The molecule has 1 aliphatic carbocycles. The van der Waals surface area contributed by atoms with Gasteiger partial charge in [0, 0.05) is 18.7 Å². The van der Waals surface area contributed by atoms with E-state index in [0.717, 1.165) is 12.8 Å². The van der Waals surface area contributed by atoms with Gasteiger partial charge in [-0.15, -0.1) is 0 Å². The van der Waals surface area contributed by atoms with Crippen molar-refractivity contribution in [2.75, 3.05) is 18.6 Å². The van der Waals surface area contributed by atoms with Crippen molar-refractivity contribution in [3.05, 3.63) is 23.8 Å². The van der Waals surface area contributed by atoms with E-state index in [9.17, 15) is 13.2 Å². The molecule has 2 N–H and O–H groups in total. The lowest BCUT2D eigenvalue weighted by Gasteiger charge is -2.36. The Kier molecular flexibility index (Phi) is 2.58. The Morgan fingerprint density at radius 2 is 2.05 bits per heavy atom. The molecule has 6 nitrogen and oxygen atoms in total. The molecular formula is C12H15N3O3S. The summed E-state index contributed by atoms with van der Waals surface area (Å²) in [4.78, 5) is 13.4. The average molecular weight is 281 g/mol. The highest BCUT2D eigenvalue weighted by Crippen LogP contribution is 2.39. The number of hydrogen-bond donors (Lipinski definition) is 1. The van der Waals surface area contributed by atoms with E-state index in [1.807, 2.05) is 0 Å². The van der Waals surface area contributed by atoms with Gasteiger partial charge in [0.15, 0.2) is 0 Å². The number of carbonyl (C=O) groups is 1. The summed E-state index contributed by atoms with van der Waals surface area (Å²) < 4.78 is 25.9. The van der Waals surface area contributed by atoms with Crippen molar-refractivity contribution in [2.45, 2.75) is 23.8 Å². The predicted octanol–water partition coefficient (Wildman–Crippen LogP) is 0.346. The molecule has 1 heterocycles. The first-order valence-corrected chi connectivity index (χ1v) is 7.52. The molecule has 7 heteroatoms. The highest BCUT2D eigenvalue weighted by Gasteiger charge is 2.39. The second-order valence-corrected chi connectivity index (χ2v) is 7.01. The molecule has 0 atom stereocenters. The minimum Gasteiger partial charge on any atom is -0.366 e. The van der Waals surface area contributed by atoms with Crippen LogP contribution < -0.4 is 10.6 Å². The summed E-state index contributed by atoms with van der Waals surface area (Å²) in [5.41, 5.74) is 6.10. The summed E-state index contributed by atoms with van der Waals surface area (Å²) in [7, 11) is -1.99. The van der Waals surface area contributed by atoms with Gasteiger partial charge >= 0.3 is 0 Å². The first-order chi connectivity index (χ1) is 8.91. The number of sulfonamides is 1. The van der Waals surface area contributed by atoms with Crippen LogP contribution in [0.2, 0.25) is 0 Å². The van der Waals surface area contributed by atoms with Gasteiger partial charge in [-0.25, -0.2) is 8.42 Å². The fraction of sp³-hybridized carbons (Fsp3) is 0.417. The van der Waals surface area contributed by atoms with Gasteiger partial charge < -0.3 is 10.6 Å². The maximum atomic E-state index is 12.3. The number of nitrogens with two attached hydrogens (primary N) is 1. The Morgan fingerprint density at radius 1 is 1.37 bits per heavy atom. The minimum absolute atomic E-state index is 0.171. The van der Waals surface area contributed by atoms with Crippen LogP contribution in [0.4, 0.5) is 5.69 Å². The molecule has 0 radical (unpaired) electrons. The Bertz CT molecular complexity index is 652. The lowest BCUT2D eigenvalue weighted by atomic mass is 10.2. The van der Waals surface area contributed by atoms with E-state index in [4.69, 9.17) is 5.73 Å². The molecule has 1 aromatic carbocycles. The molecular weight excluding hydrogens is 266 g/mol. The number of carbonyl (C=O) groups excluding carboxylic acids is 1. The normalized spacial score (nSPS) is 22.1. The van der Waals surface area contributed by atoms with Crippen molar-refractivity contribution < 1.29 is 13.2 Å². The van der Waals surface area contributed by atoms with Crippen molar-refractivity contribution in [2.24, 2.45) is 5.73 Å². The Labute approximate surface area is 111 Å². The fourth-order valence-corrected chi connectivity index (χ4v) is 3.68. The smallest absolute Gasteiger partial charge is 0.248 e. The zero-order chi connectivity index (χ0) is 13.8. The fourth-order valence-electron chi connectivity index (χ4n) is 2.34. The molecule has 19 heavy (non-hydrogen) atoms. The quantitative estimate of drug-likeness (QED) is 0.847. The van der Waals surface area contributed by atoms with Crippen LogP contribution in [0.25, 0.3) is 0 Å². The van der Waals surface area contributed by atoms with Crippen LogP contribution >= 0.6 is 0 Å². The monoisotopic (exact) mass is 281 g/mol. The highest BCUT2D eigenvalue weighted by molar-refractivity contribution is 7.89. The first kappa shape index (κ1) is 12.4. The van der Waals surface area contributed by atoms with Gasteiger partial charge in [0.1, 0.15) is 4.90 Å². The second kappa shape index (κ2) is 3.94. The number of anilines is 1. The second-order valence-electron chi connectivity index (χ2n) is 4.99. The predicted molar refractivity (Wildman–Crippen MR) is 70.3 cm³/mol. The molecule has 0 spiro atoms. The van der Waals surface area contributed by atoms with Crippen LogP contribution in [0.5, 0.6) is 0 Å². The molecule has 1 aromatic rings. The van der Waals surface area contributed by atoms with E-state index < -0.39 is 15.9 Å². The maximum absolute atomic E-state index is 12.3. The Hall–Kier alpha value is -1.60. The molecule has 102 valence electrons. The number of primary amides is 1. The SMILES string of the molecule is CN1CN(C2CC2)c2ccc(C(N)=O)cc2S1(=O)=O. The van der Waals surface area contributed by atoms with Crippen molar-refractivity contribution in [3.63, 3.8) is 0 Å². The van der Waals surface area contributed by atoms with Gasteiger partial charge in [0.2, 0.25) is 15.9 Å². The van der Waals surface area contributed by atoms with Crippen LogP contribution in [0.3, 0.4) is 0 Å². The van der Waals surface area contributed by atoms with Gasteiger partial charge in [0.25, 0.3) is 0 Å². The zero-order valence-electron chi connectivity index (χ0n) is 10.5. The molecule has 1 amide bonds.